The van der Waals surface area contributed by atoms with Gasteiger partial charge in [-0.25, -0.2) is 0 Å². The smallest absolute Gasteiger partial charge is 0.150 e. The van der Waals surface area contributed by atoms with Gasteiger partial charge in [-0.2, -0.15) is 0 Å². The lowest BCUT2D eigenvalue weighted by molar-refractivity contribution is 0.369. The Morgan fingerprint density at radius 2 is 1.94 bits per heavy atom. The van der Waals surface area contributed by atoms with Gasteiger partial charge in [-0.05, 0) is 31.9 Å². The van der Waals surface area contributed by atoms with Crippen LogP contribution in [0.2, 0.25) is 0 Å². The highest BCUT2D eigenvalue weighted by atomic mass is 16.5. The Labute approximate surface area is 102 Å². The van der Waals surface area contributed by atoms with Gasteiger partial charge in [0.2, 0.25) is 0 Å². The van der Waals surface area contributed by atoms with E-state index < -0.39 is 0 Å². The van der Waals surface area contributed by atoms with Crippen molar-refractivity contribution >= 4 is 0 Å². The topological polar surface area (TPSA) is 38.1 Å². The van der Waals surface area contributed by atoms with Crippen molar-refractivity contribution in [3.05, 3.63) is 52.4 Å². The van der Waals surface area contributed by atoms with E-state index in [1.165, 1.54) is 16.7 Å². The van der Waals surface area contributed by atoms with E-state index in [0.717, 1.165) is 18.0 Å². The summed E-state index contributed by atoms with van der Waals surface area (Å²) >= 11 is 0. The molecule has 1 aromatic heterocycles. The average molecular weight is 230 g/mol. The molecule has 2 aromatic rings. The van der Waals surface area contributed by atoms with E-state index >= 15 is 0 Å². The largest absolute Gasteiger partial charge is 0.360 e. The minimum absolute atomic E-state index is 0.716. The van der Waals surface area contributed by atoms with Crippen molar-refractivity contribution in [3.63, 3.8) is 0 Å². The highest BCUT2D eigenvalue weighted by Gasteiger charge is 2.01. The van der Waals surface area contributed by atoms with Crippen LogP contribution in [0.1, 0.15) is 28.1 Å². The van der Waals surface area contributed by atoms with Crippen molar-refractivity contribution in [1.29, 1.82) is 0 Å². The first-order chi connectivity index (χ1) is 8.15. The summed E-state index contributed by atoms with van der Waals surface area (Å²) in [7, 11) is 0. The molecule has 0 fully saturated rings. The minimum Gasteiger partial charge on any atom is -0.360 e. The van der Waals surface area contributed by atoms with Gasteiger partial charge in [-0.15, -0.1) is 0 Å². The van der Waals surface area contributed by atoms with E-state index in [0.29, 0.717) is 6.54 Å². The predicted octanol–water partition coefficient (Wildman–Crippen LogP) is 2.89. The maximum Gasteiger partial charge on any atom is 0.150 e. The highest BCUT2D eigenvalue weighted by molar-refractivity contribution is 5.30. The van der Waals surface area contributed by atoms with Gasteiger partial charge in [-0.3, -0.25) is 0 Å². The average Bonchev–Trinajstić information content (AvgIpc) is 2.69. The Morgan fingerprint density at radius 1 is 1.12 bits per heavy atom. The number of nitrogens with zero attached hydrogens (tertiary/aromatic N) is 1. The van der Waals surface area contributed by atoms with Gasteiger partial charge >= 0.3 is 0 Å². The summed E-state index contributed by atoms with van der Waals surface area (Å²) in [5, 5.41) is 7.22. The lowest BCUT2D eigenvalue weighted by Gasteiger charge is -2.07. The van der Waals surface area contributed by atoms with Crippen molar-refractivity contribution in [3.8, 4) is 0 Å². The second-order valence-electron chi connectivity index (χ2n) is 4.47. The summed E-state index contributed by atoms with van der Waals surface area (Å²) in [4.78, 5) is 0. The molecule has 0 atom stereocenters. The third-order valence-corrected chi connectivity index (χ3v) is 2.80. The zero-order valence-corrected chi connectivity index (χ0v) is 10.6. The SMILES string of the molecule is Cc1ccc(C)c(CNCc2cc(C)no2)c1. The summed E-state index contributed by atoms with van der Waals surface area (Å²) in [6, 6.07) is 8.47. The molecule has 1 N–H and O–H groups in total. The maximum atomic E-state index is 5.14. The standard InChI is InChI=1S/C14H18N2O/c1-10-4-5-11(2)13(6-10)8-15-9-14-7-12(3)16-17-14/h4-7,15H,8-9H2,1-3H3. The minimum atomic E-state index is 0.716. The summed E-state index contributed by atoms with van der Waals surface area (Å²) in [6.07, 6.45) is 0. The molecule has 0 amide bonds. The van der Waals surface area contributed by atoms with Crippen LogP contribution >= 0.6 is 0 Å². The molecule has 0 radical (unpaired) electrons. The summed E-state index contributed by atoms with van der Waals surface area (Å²) in [5.74, 6) is 0.882. The number of nitrogens with one attached hydrogen (secondary N) is 1. The highest BCUT2D eigenvalue weighted by Crippen LogP contribution is 2.10. The molecule has 0 aliphatic rings. The van der Waals surface area contributed by atoms with E-state index in [-0.39, 0.29) is 0 Å². The molecule has 1 aromatic carbocycles. The van der Waals surface area contributed by atoms with Gasteiger partial charge in [0, 0.05) is 12.6 Å². The molecule has 0 spiro atoms. The van der Waals surface area contributed by atoms with Crippen LogP contribution in [0.3, 0.4) is 0 Å². The zero-order valence-electron chi connectivity index (χ0n) is 10.6. The fourth-order valence-corrected chi connectivity index (χ4v) is 1.81. The number of rotatable bonds is 4. The molecule has 1 heterocycles. The van der Waals surface area contributed by atoms with Gasteiger partial charge in [-0.1, -0.05) is 28.9 Å². The Morgan fingerprint density at radius 3 is 2.65 bits per heavy atom. The molecule has 17 heavy (non-hydrogen) atoms. The Balaban J connectivity index is 1.91. The number of aromatic nitrogens is 1. The third-order valence-electron chi connectivity index (χ3n) is 2.80. The molecule has 0 aliphatic carbocycles. The van der Waals surface area contributed by atoms with E-state index in [1.54, 1.807) is 0 Å². The Kier molecular flexibility index (Phi) is 3.59. The maximum absolute atomic E-state index is 5.14. The van der Waals surface area contributed by atoms with Crippen LogP contribution in [0.15, 0.2) is 28.8 Å². The lowest BCUT2D eigenvalue weighted by Crippen LogP contribution is -2.13. The van der Waals surface area contributed by atoms with Crippen LogP contribution in [0, 0.1) is 20.8 Å². The van der Waals surface area contributed by atoms with Crippen LogP contribution in [-0.2, 0) is 13.1 Å². The van der Waals surface area contributed by atoms with Crippen molar-refractivity contribution in [1.82, 2.24) is 10.5 Å². The molecule has 0 aliphatic heterocycles. The molecule has 0 unspecified atom stereocenters. The van der Waals surface area contributed by atoms with Crippen LogP contribution in [0.5, 0.6) is 0 Å². The molecule has 90 valence electrons. The van der Waals surface area contributed by atoms with Gasteiger partial charge in [0.15, 0.2) is 5.76 Å². The second kappa shape index (κ2) is 5.15. The van der Waals surface area contributed by atoms with Crippen LogP contribution in [0.4, 0.5) is 0 Å². The van der Waals surface area contributed by atoms with Crippen LogP contribution in [-0.4, -0.2) is 5.16 Å². The Bertz CT molecular complexity index is 503. The molecule has 3 nitrogen and oxygen atoms in total. The molecular formula is C14H18N2O. The molecule has 0 saturated heterocycles. The van der Waals surface area contributed by atoms with Crippen molar-refractivity contribution in [2.24, 2.45) is 0 Å². The molecule has 2 rings (SSSR count). The first kappa shape index (κ1) is 11.9. The van der Waals surface area contributed by atoms with Gasteiger partial charge in [0.1, 0.15) is 0 Å². The molecule has 0 bridgehead atoms. The van der Waals surface area contributed by atoms with E-state index in [4.69, 9.17) is 4.52 Å². The fraction of sp³-hybridized carbons (Fsp3) is 0.357. The first-order valence-corrected chi connectivity index (χ1v) is 5.84. The third kappa shape index (κ3) is 3.17. The van der Waals surface area contributed by atoms with E-state index in [1.807, 2.05) is 13.0 Å². The van der Waals surface area contributed by atoms with Gasteiger partial charge in [0.25, 0.3) is 0 Å². The van der Waals surface area contributed by atoms with Crippen LogP contribution < -0.4 is 5.32 Å². The molecule has 3 heteroatoms. The van der Waals surface area contributed by atoms with E-state index in [2.05, 4.69) is 42.5 Å². The predicted molar refractivity (Wildman–Crippen MR) is 67.7 cm³/mol. The van der Waals surface area contributed by atoms with Gasteiger partial charge in [0.05, 0.1) is 12.2 Å². The van der Waals surface area contributed by atoms with Crippen molar-refractivity contribution in [2.75, 3.05) is 0 Å². The summed E-state index contributed by atoms with van der Waals surface area (Å²) < 4.78 is 5.14. The summed E-state index contributed by atoms with van der Waals surface area (Å²) in [5.41, 5.74) is 4.87. The first-order valence-electron chi connectivity index (χ1n) is 5.84. The number of aryl methyl sites for hydroxylation is 3. The van der Waals surface area contributed by atoms with Crippen LogP contribution in [0.25, 0.3) is 0 Å². The second-order valence-corrected chi connectivity index (χ2v) is 4.47. The molecule has 0 saturated carbocycles. The monoisotopic (exact) mass is 230 g/mol. The fourth-order valence-electron chi connectivity index (χ4n) is 1.81. The quantitative estimate of drug-likeness (QED) is 0.877. The number of hydrogen-bond acceptors (Lipinski definition) is 3. The number of benzene rings is 1. The number of hydrogen-bond donors (Lipinski definition) is 1. The Hall–Kier alpha value is -1.61. The van der Waals surface area contributed by atoms with E-state index in [9.17, 15) is 0 Å². The normalized spacial score (nSPS) is 10.8. The summed E-state index contributed by atoms with van der Waals surface area (Å²) in [6.45, 7) is 7.75. The van der Waals surface area contributed by atoms with Crippen molar-refractivity contribution < 1.29 is 4.52 Å². The van der Waals surface area contributed by atoms with Crippen molar-refractivity contribution in [2.45, 2.75) is 33.9 Å². The molecular weight excluding hydrogens is 212 g/mol. The van der Waals surface area contributed by atoms with Gasteiger partial charge < -0.3 is 9.84 Å². The lowest BCUT2D eigenvalue weighted by atomic mass is 10.1. The zero-order chi connectivity index (χ0) is 12.3.